The molecule has 0 aromatic heterocycles. The van der Waals surface area contributed by atoms with Gasteiger partial charge in [0.25, 0.3) is 0 Å². The highest BCUT2D eigenvalue weighted by atomic mass is 16.7. The second-order valence-electron chi connectivity index (χ2n) is 6.00. The highest BCUT2D eigenvalue weighted by molar-refractivity contribution is 5.90. The number of hydrogen-bond donors (Lipinski definition) is 2. The molecule has 1 atom stereocenters. The van der Waals surface area contributed by atoms with Crippen LogP contribution in [0.3, 0.4) is 0 Å². The van der Waals surface area contributed by atoms with Gasteiger partial charge in [-0.3, -0.25) is 0 Å². The van der Waals surface area contributed by atoms with Crippen molar-refractivity contribution in [3.05, 3.63) is 18.2 Å². The van der Waals surface area contributed by atoms with E-state index in [-0.39, 0.29) is 25.0 Å². The summed E-state index contributed by atoms with van der Waals surface area (Å²) in [6.07, 6.45) is 2.35. The summed E-state index contributed by atoms with van der Waals surface area (Å²) >= 11 is 0. The molecule has 1 fully saturated rings. The normalized spacial score (nSPS) is 19.1. The summed E-state index contributed by atoms with van der Waals surface area (Å²) in [5, 5.41) is 5.72. The van der Waals surface area contributed by atoms with E-state index in [4.69, 9.17) is 14.2 Å². The first kappa shape index (κ1) is 17.2. The molecule has 0 bridgehead atoms. The number of carbonyl (C=O) groups excluding carboxylic acids is 2. The summed E-state index contributed by atoms with van der Waals surface area (Å²) in [5.74, 6) is 1.28. The predicted octanol–water partition coefficient (Wildman–Crippen LogP) is 2.55. The number of nitrogens with one attached hydrogen (secondary N) is 2. The molecule has 2 aliphatic heterocycles. The molecule has 2 N–H and O–H groups in total. The van der Waals surface area contributed by atoms with Crippen LogP contribution in [0.1, 0.15) is 26.2 Å². The molecule has 136 valence electrons. The lowest BCUT2D eigenvalue weighted by molar-refractivity contribution is 0.106. The van der Waals surface area contributed by atoms with Gasteiger partial charge < -0.3 is 29.7 Å². The first-order valence-electron chi connectivity index (χ1n) is 8.54. The summed E-state index contributed by atoms with van der Waals surface area (Å²) < 4.78 is 15.6. The summed E-state index contributed by atoms with van der Waals surface area (Å²) in [7, 11) is 0. The molecule has 25 heavy (non-hydrogen) atoms. The number of hydrogen-bond acceptors (Lipinski definition) is 5. The van der Waals surface area contributed by atoms with E-state index in [0.29, 0.717) is 36.9 Å². The minimum absolute atomic E-state index is 0.110. The Morgan fingerprint density at radius 3 is 2.96 bits per heavy atom. The van der Waals surface area contributed by atoms with Crippen molar-refractivity contribution in [3.63, 3.8) is 0 Å². The van der Waals surface area contributed by atoms with Crippen LogP contribution in [0.25, 0.3) is 0 Å². The predicted molar refractivity (Wildman–Crippen MR) is 91.0 cm³/mol. The summed E-state index contributed by atoms with van der Waals surface area (Å²) in [5.41, 5.74) is 0.623. The van der Waals surface area contributed by atoms with Crippen LogP contribution in [0.5, 0.6) is 11.5 Å². The number of rotatable bonds is 3. The van der Waals surface area contributed by atoms with Crippen LogP contribution in [0.15, 0.2) is 18.2 Å². The van der Waals surface area contributed by atoms with Crippen molar-refractivity contribution in [2.24, 2.45) is 0 Å². The lowest BCUT2D eigenvalue weighted by atomic mass is 10.1. The fourth-order valence-electron chi connectivity index (χ4n) is 2.97. The molecule has 0 aliphatic carbocycles. The molecule has 3 rings (SSSR count). The molecule has 0 radical (unpaired) electrons. The van der Waals surface area contributed by atoms with Crippen molar-refractivity contribution < 1.29 is 23.8 Å². The van der Waals surface area contributed by atoms with E-state index < -0.39 is 0 Å². The zero-order valence-corrected chi connectivity index (χ0v) is 14.2. The number of carbonyl (C=O) groups is 2. The molecule has 1 aromatic rings. The summed E-state index contributed by atoms with van der Waals surface area (Å²) in [4.78, 5) is 25.9. The third-order valence-corrected chi connectivity index (χ3v) is 4.16. The Morgan fingerprint density at radius 2 is 2.12 bits per heavy atom. The maximum Gasteiger partial charge on any atom is 0.409 e. The number of benzene rings is 1. The van der Waals surface area contributed by atoms with Crippen molar-refractivity contribution in [1.29, 1.82) is 0 Å². The van der Waals surface area contributed by atoms with Crippen molar-refractivity contribution in [2.45, 2.75) is 32.2 Å². The zero-order valence-electron chi connectivity index (χ0n) is 14.2. The first-order valence-corrected chi connectivity index (χ1v) is 8.54. The third-order valence-electron chi connectivity index (χ3n) is 4.16. The average Bonchev–Trinajstić information content (AvgIpc) is 2.92. The van der Waals surface area contributed by atoms with Crippen LogP contribution in [0, 0.1) is 0 Å². The van der Waals surface area contributed by atoms with Crippen LogP contribution in [-0.4, -0.2) is 49.6 Å². The van der Waals surface area contributed by atoms with E-state index in [9.17, 15) is 9.59 Å². The van der Waals surface area contributed by atoms with Crippen molar-refractivity contribution >= 4 is 17.8 Å². The van der Waals surface area contributed by atoms with E-state index in [1.165, 1.54) is 0 Å². The number of urea groups is 1. The fourth-order valence-corrected chi connectivity index (χ4v) is 2.97. The monoisotopic (exact) mass is 349 g/mol. The second kappa shape index (κ2) is 7.96. The first-order chi connectivity index (χ1) is 12.2. The molecular weight excluding hydrogens is 326 g/mol. The second-order valence-corrected chi connectivity index (χ2v) is 6.00. The third kappa shape index (κ3) is 4.46. The Labute approximate surface area is 146 Å². The molecule has 0 unspecified atom stereocenters. The maximum absolute atomic E-state index is 12.3. The molecule has 2 heterocycles. The van der Waals surface area contributed by atoms with E-state index in [0.717, 1.165) is 19.3 Å². The van der Waals surface area contributed by atoms with Gasteiger partial charge in [0.15, 0.2) is 11.5 Å². The number of anilines is 1. The number of nitrogens with zero attached hydrogens (tertiary/aromatic N) is 1. The summed E-state index contributed by atoms with van der Waals surface area (Å²) in [6, 6.07) is 4.81. The molecule has 8 heteroatoms. The Hall–Kier alpha value is -2.64. The molecule has 3 amide bonds. The van der Waals surface area contributed by atoms with Gasteiger partial charge in [-0.25, -0.2) is 9.59 Å². The Balaban J connectivity index is 1.55. The van der Waals surface area contributed by atoms with Crippen LogP contribution in [0.4, 0.5) is 15.3 Å². The largest absolute Gasteiger partial charge is 0.454 e. The standard InChI is InChI=1S/C17H23N3O5/c1-2-23-17(22)20-8-4-3-5-13(10-20)19-16(21)18-12-6-7-14-15(9-12)25-11-24-14/h6-7,9,13H,2-5,8,10-11H2,1H3,(H2,18,19,21)/t13-/m1/s1. The lowest BCUT2D eigenvalue weighted by Gasteiger charge is -2.24. The van der Waals surface area contributed by atoms with E-state index in [1.54, 1.807) is 30.0 Å². The number of fused-ring (bicyclic) bond motifs is 1. The van der Waals surface area contributed by atoms with Crippen LogP contribution in [-0.2, 0) is 4.74 Å². The highest BCUT2D eigenvalue weighted by Gasteiger charge is 2.24. The minimum atomic E-state index is -0.327. The van der Waals surface area contributed by atoms with E-state index >= 15 is 0 Å². The van der Waals surface area contributed by atoms with Gasteiger partial charge in [0, 0.05) is 30.9 Å². The molecule has 0 saturated carbocycles. The molecule has 8 nitrogen and oxygen atoms in total. The Bertz CT molecular complexity index is 637. The molecule has 1 aromatic carbocycles. The van der Waals surface area contributed by atoms with Gasteiger partial charge in [0.2, 0.25) is 6.79 Å². The van der Waals surface area contributed by atoms with Crippen molar-refractivity contribution in [1.82, 2.24) is 10.2 Å². The average molecular weight is 349 g/mol. The number of amides is 3. The quantitative estimate of drug-likeness (QED) is 0.875. The number of likely N-dealkylation sites (tertiary alicyclic amines) is 1. The fraction of sp³-hybridized carbons (Fsp3) is 0.529. The van der Waals surface area contributed by atoms with Gasteiger partial charge in [0.05, 0.1) is 6.61 Å². The molecule has 0 spiro atoms. The number of ether oxygens (including phenoxy) is 3. The smallest absolute Gasteiger partial charge is 0.409 e. The highest BCUT2D eigenvalue weighted by Crippen LogP contribution is 2.34. The van der Waals surface area contributed by atoms with Crippen molar-refractivity contribution in [2.75, 3.05) is 31.8 Å². The van der Waals surface area contributed by atoms with E-state index in [2.05, 4.69) is 10.6 Å². The minimum Gasteiger partial charge on any atom is -0.454 e. The molecule has 1 saturated heterocycles. The zero-order chi connectivity index (χ0) is 17.6. The lowest BCUT2D eigenvalue weighted by Crippen LogP contribution is -2.46. The van der Waals surface area contributed by atoms with Gasteiger partial charge in [-0.15, -0.1) is 0 Å². The maximum atomic E-state index is 12.3. The van der Waals surface area contributed by atoms with Crippen LogP contribution < -0.4 is 20.1 Å². The van der Waals surface area contributed by atoms with Crippen molar-refractivity contribution in [3.8, 4) is 11.5 Å². The molecular formula is C17H23N3O5. The molecule has 2 aliphatic rings. The van der Waals surface area contributed by atoms with Crippen LogP contribution >= 0.6 is 0 Å². The Morgan fingerprint density at radius 1 is 1.28 bits per heavy atom. The summed E-state index contributed by atoms with van der Waals surface area (Å²) in [6.45, 7) is 3.42. The van der Waals surface area contributed by atoms with Gasteiger partial charge in [-0.1, -0.05) is 0 Å². The van der Waals surface area contributed by atoms with Gasteiger partial charge in [0.1, 0.15) is 0 Å². The van der Waals surface area contributed by atoms with Gasteiger partial charge >= 0.3 is 12.1 Å². The van der Waals surface area contributed by atoms with E-state index in [1.807, 2.05) is 0 Å². The SMILES string of the molecule is CCOC(=O)N1CCCC[C@@H](NC(=O)Nc2ccc3c(c2)OCO3)C1. The Kier molecular flexibility index (Phi) is 5.47. The van der Waals surface area contributed by atoms with Gasteiger partial charge in [-0.2, -0.15) is 0 Å². The topological polar surface area (TPSA) is 89.1 Å². The van der Waals surface area contributed by atoms with Crippen LogP contribution in [0.2, 0.25) is 0 Å². The van der Waals surface area contributed by atoms with Gasteiger partial charge in [-0.05, 0) is 38.3 Å².